The number of rotatable bonds is 5. The minimum Gasteiger partial charge on any atom is -0.495 e. The molecule has 1 aromatic carbocycles. The van der Waals surface area contributed by atoms with Crippen molar-refractivity contribution in [2.24, 2.45) is 0 Å². The van der Waals surface area contributed by atoms with Gasteiger partial charge >= 0.3 is 7.12 Å². The maximum Gasteiger partial charge on any atom is 0.491 e. The smallest absolute Gasteiger partial charge is 0.491 e. The maximum atomic E-state index is 11.4. The molecule has 0 unspecified atom stereocenters. The molecule has 1 aliphatic heterocycles. The van der Waals surface area contributed by atoms with Gasteiger partial charge in [0.2, 0.25) is 0 Å². The van der Waals surface area contributed by atoms with Crippen molar-refractivity contribution in [2.45, 2.75) is 45.8 Å². The Balaban J connectivity index is 2.35. The molecule has 0 atom stereocenters. The van der Waals surface area contributed by atoms with Crippen molar-refractivity contribution in [1.82, 2.24) is 0 Å². The van der Waals surface area contributed by atoms with Crippen molar-refractivity contribution >= 4 is 41.7 Å². The van der Waals surface area contributed by atoms with E-state index in [0.29, 0.717) is 16.5 Å². The molecular formula is C18H24BClO4S. The van der Waals surface area contributed by atoms with E-state index in [2.05, 4.69) is 0 Å². The second-order valence-corrected chi connectivity index (χ2v) is 8.54. The van der Waals surface area contributed by atoms with Crippen LogP contribution in [-0.4, -0.2) is 36.3 Å². The number of thioether (sulfide) groups is 1. The van der Waals surface area contributed by atoms with Gasteiger partial charge in [-0.05, 0) is 50.9 Å². The highest BCUT2D eigenvalue weighted by Crippen LogP contribution is 2.39. The summed E-state index contributed by atoms with van der Waals surface area (Å²) < 4.78 is 17.6. The van der Waals surface area contributed by atoms with Gasteiger partial charge in [0.1, 0.15) is 5.75 Å². The highest BCUT2D eigenvalue weighted by Gasteiger charge is 2.52. The molecule has 0 aliphatic carbocycles. The molecule has 1 aromatic rings. The predicted octanol–water partition coefficient (Wildman–Crippen LogP) is 4.64. The van der Waals surface area contributed by atoms with Crippen LogP contribution in [0.2, 0.25) is 5.02 Å². The van der Waals surface area contributed by atoms with Gasteiger partial charge in [-0.15, -0.1) is 0 Å². The Morgan fingerprint density at radius 3 is 2.40 bits per heavy atom. The molecule has 1 saturated heterocycles. The zero-order chi connectivity index (χ0) is 18.8. The highest BCUT2D eigenvalue weighted by molar-refractivity contribution is 8.13. The van der Waals surface area contributed by atoms with E-state index >= 15 is 0 Å². The Labute approximate surface area is 159 Å². The van der Waals surface area contributed by atoms with Crippen LogP contribution in [0, 0.1) is 0 Å². The molecule has 0 bridgehead atoms. The van der Waals surface area contributed by atoms with Crippen LogP contribution in [0.3, 0.4) is 0 Å². The fraction of sp³-hybridized carbons (Fsp3) is 0.500. The average molecular weight is 383 g/mol. The second-order valence-electron chi connectivity index (χ2n) is 6.98. The number of ether oxygens (including phenoxy) is 1. The Kier molecular flexibility index (Phi) is 6.31. The van der Waals surface area contributed by atoms with Gasteiger partial charge in [0.25, 0.3) is 0 Å². The van der Waals surface area contributed by atoms with E-state index in [0.717, 1.165) is 11.0 Å². The van der Waals surface area contributed by atoms with E-state index < -0.39 is 18.3 Å². The van der Waals surface area contributed by atoms with E-state index in [1.807, 2.05) is 45.9 Å². The normalized spacial score (nSPS) is 19.2. The maximum absolute atomic E-state index is 11.4. The molecule has 0 spiro atoms. The lowest BCUT2D eigenvalue weighted by Gasteiger charge is -2.32. The minimum atomic E-state index is -0.501. The quantitative estimate of drug-likeness (QED) is 0.694. The molecule has 136 valence electrons. The summed E-state index contributed by atoms with van der Waals surface area (Å²) >= 11 is 7.33. The molecular weight excluding hydrogens is 359 g/mol. The van der Waals surface area contributed by atoms with Gasteiger partial charge in [0.05, 0.1) is 23.3 Å². The Morgan fingerprint density at radius 1 is 1.28 bits per heavy atom. The van der Waals surface area contributed by atoms with Crippen LogP contribution in [0.4, 0.5) is 0 Å². The molecule has 7 heteroatoms. The molecule has 0 N–H and O–H groups in total. The van der Waals surface area contributed by atoms with Crippen molar-refractivity contribution in [3.63, 3.8) is 0 Å². The first-order valence-corrected chi connectivity index (χ1v) is 9.45. The molecule has 1 aliphatic rings. The molecule has 1 heterocycles. The molecule has 1 fully saturated rings. The van der Waals surface area contributed by atoms with Gasteiger partial charge in [-0.25, -0.2) is 0 Å². The van der Waals surface area contributed by atoms with Gasteiger partial charge < -0.3 is 14.0 Å². The van der Waals surface area contributed by atoms with Crippen LogP contribution in [-0.2, 0) is 14.1 Å². The fourth-order valence-electron chi connectivity index (χ4n) is 2.34. The first kappa shape index (κ1) is 20.4. The number of carbonyl (C=O) groups excluding carboxylic acids is 1. The largest absolute Gasteiger partial charge is 0.495 e. The zero-order valence-electron chi connectivity index (χ0n) is 15.5. The minimum absolute atomic E-state index is 0.0519. The third-order valence-electron chi connectivity index (χ3n) is 4.53. The second kappa shape index (κ2) is 7.74. The number of methoxy groups -OCH3 is 1. The number of hydrogen-bond donors (Lipinski definition) is 0. The van der Waals surface area contributed by atoms with Gasteiger partial charge in [0, 0.05) is 12.7 Å². The van der Waals surface area contributed by atoms with Crippen LogP contribution < -0.4 is 4.74 Å². The molecule has 0 radical (unpaired) electrons. The SMILES string of the molecule is COc1cc(C=C(CSC(C)=O)B2OC(C)(C)C(C)(C)O2)ccc1Cl. The molecule has 0 saturated carbocycles. The summed E-state index contributed by atoms with van der Waals surface area (Å²) in [5.41, 5.74) is 0.934. The van der Waals surface area contributed by atoms with Crippen LogP contribution >= 0.6 is 23.4 Å². The summed E-state index contributed by atoms with van der Waals surface area (Å²) in [6.45, 7) is 9.59. The van der Waals surface area contributed by atoms with Gasteiger partial charge in [0.15, 0.2) is 5.12 Å². The van der Waals surface area contributed by atoms with Gasteiger partial charge in [-0.1, -0.05) is 35.5 Å². The van der Waals surface area contributed by atoms with E-state index in [4.69, 9.17) is 25.6 Å². The number of hydrogen-bond acceptors (Lipinski definition) is 5. The molecule has 25 heavy (non-hydrogen) atoms. The Bertz CT molecular complexity index is 672. The number of benzene rings is 1. The number of carbonyl (C=O) groups is 1. The Hall–Kier alpha value is -0.945. The highest BCUT2D eigenvalue weighted by atomic mass is 35.5. The summed E-state index contributed by atoms with van der Waals surface area (Å²) in [4.78, 5) is 11.4. The van der Waals surface area contributed by atoms with Crippen molar-refractivity contribution in [3.8, 4) is 5.75 Å². The third kappa shape index (κ3) is 4.82. The monoisotopic (exact) mass is 382 g/mol. The zero-order valence-corrected chi connectivity index (χ0v) is 17.1. The fourth-order valence-corrected chi connectivity index (χ4v) is 3.12. The first-order valence-electron chi connectivity index (χ1n) is 8.09. The molecule has 4 nitrogen and oxygen atoms in total. The summed E-state index contributed by atoms with van der Waals surface area (Å²) in [6, 6.07) is 5.53. The first-order chi connectivity index (χ1) is 11.6. The van der Waals surface area contributed by atoms with E-state index in [1.54, 1.807) is 20.1 Å². The summed E-state index contributed by atoms with van der Waals surface area (Å²) in [7, 11) is 1.08. The van der Waals surface area contributed by atoms with Crippen molar-refractivity contribution < 1.29 is 18.8 Å². The van der Waals surface area contributed by atoms with E-state index in [1.165, 1.54) is 11.8 Å². The summed E-state index contributed by atoms with van der Waals surface area (Å²) in [6.07, 6.45) is 1.97. The van der Waals surface area contributed by atoms with E-state index in [-0.39, 0.29) is 5.12 Å². The molecule has 0 aromatic heterocycles. The van der Waals surface area contributed by atoms with Crippen LogP contribution in [0.1, 0.15) is 40.2 Å². The van der Waals surface area contributed by atoms with Gasteiger partial charge in [-0.2, -0.15) is 0 Å². The lowest BCUT2D eigenvalue weighted by molar-refractivity contribution is -0.109. The third-order valence-corrected chi connectivity index (χ3v) is 5.72. The number of halogens is 1. The van der Waals surface area contributed by atoms with Crippen molar-refractivity contribution in [3.05, 3.63) is 34.3 Å². The predicted molar refractivity (Wildman–Crippen MR) is 105 cm³/mol. The van der Waals surface area contributed by atoms with E-state index in [9.17, 15) is 4.79 Å². The van der Waals surface area contributed by atoms with Crippen LogP contribution in [0.15, 0.2) is 23.7 Å². The Morgan fingerprint density at radius 2 is 1.88 bits per heavy atom. The average Bonchev–Trinajstić information content (AvgIpc) is 2.73. The topological polar surface area (TPSA) is 44.8 Å². The summed E-state index contributed by atoms with van der Waals surface area (Å²) in [5.74, 6) is 1.10. The lowest BCUT2D eigenvalue weighted by Crippen LogP contribution is -2.41. The van der Waals surface area contributed by atoms with Crippen LogP contribution in [0.25, 0.3) is 6.08 Å². The van der Waals surface area contributed by atoms with Crippen LogP contribution in [0.5, 0.6) is 5.75 Å². The molecule has 0 amide bonds. The standard InChI is InChI=1S/C18H24BClO4S/c1-12(21)25-11-14(19-23-17(2,3)18(4,5)24-19)9-13-7-8-15(20)16(10-13)22-6/h7-10H,11H2,1-6H3. The van der Waals surface area contributed by atoms with Crippen molar-refractivity contribution in [2.75, 3.05) is 12.9 Å². The van der Waals surface area contributed by atoms with Gasteiger partial charge in [-0.3, -0.25) is 4.79 Å². The lowest BCUT2D eigenvalue weighted by atomic mass is 9.78. The van der Waals surface area contributed by atoms with Crippen molar-refractivity contribution in [1.29, 1.82) is 0 Å². The summed E-state index contributed by atoms with van der Waals surface area (Å²) in [5, 5.41) is 0.603. The molecule has 2 rings (SSSR count).